The number of halogens is 3. The van der Waals surface area contributed by atoms with Crippen molar-refractivity contribution >= 4 is 0 Å². The Morgan fingerprint density at radius 2 is 1.25 bits per heavy atom. The zero-order valence-electron chi connectivity index (χ0n) is 11.6. The van der Waals surface area contributed by atoms with E-state index in [-0.39, 0.29) is 5.56 Å². The van der Waals surface area contributed by atoms with Crippen molar-refractivity contribution in [3.63, 3.8) is 0 Å². The van der Waals surface area contributed by atoms with Crippen LogP contribution in [0, 0.1) is 38.2 Å². The average molecular weight is 279 g/mol. The first-order valence-electron chi connectivity index (χ1n) is 6.29. The molecule has 2 aromatic rings. The standard InChI is InChI=1S/C16H16F3N/c1-8-4-9(2)14(10(3)5-8)16(20)15-12(18)6-11(17)7-13(15)19/h4-7,16H,20H2,1-3H3. The van der Waals surface area contributed by atoms with E-state index in [2.05, 4.69) is 0 Å². The molecule has 4 heteroatoms. The molecule has 0 saturated heterocycles. The van der Waals surface area contributed by atoms with Gasteiger partial charge in [0.25, 0.3) is 0 Å². The Hall–Kier alpha value is -1.81. The summed E-state index contributed by atoms with van der Waals surface area (Å²) in [5.41, 5.74) is 9.15. The summed E-state index contributed by atoms with van der Waals surface area (Å²) in [5, 5.41) is 0. The van der Waals surface area contributed by atoms with Crippen LogP contribution < -0.4 is 5.73 Å². The van der Waals surface area contributed by atoms with Crippen LogP contribution in [0.1, 0.15) is 33.9 Å². The summed E-state index contributed by atoms with van der Waals surface area (Å²) in [6.45, 7) is 5.62. The predicted octanol–water partition coefficient (Wildman–Crippen LogP) is 4.08. The monoisotopic (exact) mass is 279 g/mol. The summed E-state index contributed by atoms with van der Waals surface area (Å²) in [6, 6.07) is 4.15. The van der Waals surface area contributed by atoms with Crippen molar-refractivity contribution in [2.24, 2.45) is 5.73 Å². The van der Waals surface area contributed by atoms with Crippen LogP contribution in [0.4, 0.5) is 13.2 Å². The third kappa shape index (κ3) is 2.56. The molecule has 0 aromatic heterocycles. The maximum Gasteiger partial charge on any atom is 0.134 e. The van der Waals surface area contributed by atoms with E-state index in [0.29, 0.717) is 17.7 Å². The van der Waals surface area contributed by atoms with Crippen LogP contribution in [-0.4, -0.2) is 0 Å². The van der Waals surface area contributed by atoms with Crippen LogP contribution in [0.15, 0.2) is 24.3 Å². The van der Waals surface area contributed by atoms with Gasteiger partial charge < -0.3 is 5.73 Å². The molecule has 2 aromatic carbocycles. The second kappa shape index (κ2) is 5.29. The minimum atomic E-state index is -0.964. The molecule has 1 unspecified atom stereocenters. The highest BCUT2D eigenvalue weighted by molar-refractivity contribution is 5.44. The average Bonchev–Trinajstić information content (AvgIpc) is 2.25. The molecule has 0 fully saturated rings. The Morgan fingerprint density at radius 1 is 0.800 bits per heavy atom. The van der Waals surface area contributed by atoms with Crippen molar-refractivity contribution in [1.29, 1.82) is 0 Å². The zero-order chi connectivity index (χ0) is 15.0. The minimum Gasteiger partial charge on any atom is -0.320 e. The fourth-order valence-electron chi connectivity index (χ4n) is 2.68. The van der Waals surface area contributed by atoms with E-state index in [4.69, 9.17) is 5.73 Å². The van der Waals surface area contributed by atoms with Gasteiger partial charge in [0.05, 0.1) is 6.04 Å². The first kappa shape index (κ1) is 14.6. The fraction of sp³-hybridized carbons (Fsp3) is 0.250. The lowest BCUT2D eigenvalue weighted by atomic mass is 9.90. The molecular formula is C16H16F3N. The van der Waals surface area contributed by atoms with Crippen LogP contribution in [-0.2, 0) is 0 Å². The van der Waals surface area contributed by atoms with Crippen molar-refractivity contribution in [1.82, 2.24) is 0 Å². The number of hydrogen-bond acceptors (Lipinski definition) is 1. The van der Waals surface area contributed by atoms with Crippen LogP contribution in [0.25, 0.3) is 0 Å². The molecule has 0 aliphatic rings. The second-order valence-electron chi connectivity index (χ2n) is 5.07. The molecule has 0 spiro atoms. The molecule has 2 rings (SSSR count). The van der Waals surface area contributed by atoms with Gasteiger partial charge in [0.1, 0.15) is 17.5 Å². The number of benzene rings is 2. The van der Waals surface area contributed by atoms with Gasteiger partial charge in [0, 0.05) is 17.7 Å². The van der Waals surface area contributed by atoms with Crippen LogP contribution in [0.5, 0.6) is 0 Å². The molecule has 1 nitrogen and oxygen atoms in total. The zero-order valence-corrected chi connectivity index (χ0v) is 11.6. The number of aryl methyl sites for hydroxylation is 3. The first-order valence-corrected chi connectivity index (χ1v) is 6.29. The Balaban J connectivity index is 2.61. The molecule has 2 N–H and O–H groups in total. The van der Waals surface area contributed by atoms with Crippen LogP contribution in [0.2, 0.25) is 0 Å². The quantitative estimate of drug-likeness (QED) is 0.880. The highest BCUT2D eigenvalue weighted by Crippen LogP contribution is 2.30. The van der Waals surface area contributed by atoms with Gasteiger partial charge in [0.15, 0.2) is 0 Å². The lowest BCUT2D eigenvalue weighted by molar-refractivity contribution is 0.514. The third-order valence-corrected chi connectivity index (χ3v) is 3.40. The summed E-state index contributed by atoms with van der Waals surface area (Å²) >= 11 is 0. The summed E-state index contributed by atoms with van der Waals surface area (Å²) < 4.78 is 40.6. The normalized spacial score (nSPS) is 12.6. The van der Waals surface area contributed by atoms with Gasteiger partial charge in [-0.2, -0.15) is 0 Å². The molecular weight excluding hydrogens is 263 g/mol. The molecule has 0 heterocycles. The lowest BCUT2D eigenvalue weighted by Crippen LogP contribution is -2.18. The molecule has 0 saturated carbocycles. The SMILES string of the molecule is Cc1cc(C)c(C(N)c2c(F)cc(F)cc2F)c(C)c1. The molecule has 1 atom stereocenters. The topological polar surface area (TPSA) is 26.0 Å². The van der Waals surface area contributed by atoms with Crippen LogP contribution >= 0.6 is 0 Å². The molecule has 0 amide bonds. The Labute approximate surface area is 116 Å². The van der Waals surface area contributed by atoms with Gasteiger partial charge in [-0.1, -0.05) is 17.7 Å². The largest absolute Gasteiger partial charge is 0.320 e. The summed E-state index contributed by atoms with van der Waals surface area (Å²) in [6.07, 6.45) is 0. The molecule has 0 aliphatic heterocycles. The Bertz CT molecular complexity index is 561. The van der Waals surface area contributed by atoms with E-state index >= 15 is 0 Å². The minimum absolute atomic E-state index is 0.304. The van der Waals surface area contributed by atoms with Gasteiger partial charge in [0.2, 0.25) is 0 Å². The van der Waals surface area contributed by atoms with Gasteiger partial charge >= 0.3 is 0 Å². The van der Waals surface area contributed by atoms with Crippen molar-refractivity contribution in [3.8, 4) is 0 Å². The number of nitrogens with two attached hydrogens (primary N) is 1. The van der Waals surface area contributed by atoms with E-state index in [0.717, 1.165) is 16.7 Å². The molecule has 0 aliphatic carbocycles. The summed E-state index contributed by atoms with van der Waals surface area (Å²) in [7, 11) is 0. The highest BCUT2D eigenvalue weighted by atomic mass is 19.1. The smallest absolute Gasteiger partial charge is 0.134 e. The van der Waals surface area contributed by atoms with Crippen molar-refractivity contribution < 1.29 is 13.2 Å². The summed E-state index contributed by atoms with van der Waals surface area (Å²) in [5.74, 6) is -2.88. The van der Waals surface area contributed by atoms with Crippen molar-refractivity contribution in [2.75, 3.05) is 0 Å². The fourth-order valence-corrected chi connectivity index (χ4v) is 2.68. The van der Waals surface area contributed by atoms with Gasteiger partial charge in [-0.05, 0) is 37.5 Å². The maximum absolute atomic E-state index is 13.8. The van der Waals surface area contributed by atoms with Crippen molar-refractivity contribution in [2.45, 2.75) is 26.8 Å². The van der Waals surface area contributed by atoms with Crippen LogP contribution in [0.3, 0.4) is 0 Å². The van der Waals surface area contributed by atoms with E-state index in [1.165, 1.54) is 0 Å². The van der Waals surface area contributed by atoms with Gasteiger partial charge in [-0.25, -0.2) is 13.2 Å². The van der Waals surface area contributed by atoms with Gasteiger partial charge in [-0.15, -0.1) is 0 Å². The second-order valence-corrected chi connectivity index (χ2v) is 5.07. The predicted molar refractivity (Wildman–Crippen MR) is 73.0 cm³/mol. The van der Waals surface area contributed by atoms with E-state index in [9.17, 15) is 13.2 Å². The van der Waals surface area contributed by atoms with Crippen molar-refractivity contribution in [3.05, 3.63) is 69.5 Å². The lowest BCUT2D eigenvalue weighted by Gasteiger charge is -2.20. The van der Waals surface area contributed by atoms with E-state index in [1.807, 2.05) is 32.9 Å². The molecule has 0 bridgehead atoms. The molecule has 106 valence electrons. The first-order chi connectivity index (χ1) is 9.31. The Kier molecular flexibility index (Phi) is 3.86. The van der Waals surface area contributed by atoms with Gasteiger partial charge in [-0.3, -0.25) is 0 Å². The summed E-state index contributed by atoms with van der Waals surface area (Å²) in [4.78, 5) is 0. The maximum atomic E-state index is 13.8. The van der Waals surface area contributed by atoms with E-state index in [1.54, 1.807) is 0 Å². The van der Waals surface area contributed by atoms with E-state index < -0.39 is 23.5 Å². The molecule has 0 radical (unpaired) electrons. The Morgan fingerprint density at radius 3 is 1.70 bits per heavy atom. The number of hydrogen-bond donors (Lipinski definition) is 1. The number of rotatable bonds is 2. The molecule has 20 heavy (non-hydrogen) atoms. The third-order valence-electron chi connectivity index (χ3n) is 3.40. The highest BCUT2D eigenvalue weighted by Gasteiger charge is 2.22.